The molecule has 2 rings (SSSR count). The largest absolute Gasteiger partial charge is 0.246 e. The van der Waals surface area contributed by atoms with Crippen LogP contribution in [-0.4, -0.2) is 6.17 Å². The third-order valence-electron chi connectivity index (χ3n) is 2.73. The summed E-state index contributed by atoms with van der Waals surface area (Å²) in [6.45, 7) is 0. The van der Waals surface area contributed by atoms with Crippen LogP contribution in [-0.2, 0) is 6.42 Å². The molecule has 1 heteroatoms. The van der Waals surface area contributed by atoms with Crippen LogP contribution in [0.25, 0.3) is 0 Å². The van der Waals surface area contributed by atoms with Crippen molar-refractivity contribution in [2.24, 2.45) is 0 Å². The number of hydrogen-bond donors (Lipinski definition) is 0. The zero-order valence-electron chi connectivity index (χ0n) is 9.83. The standard InChI is InChI=1S/C13H13F/c1-2-3-7-12-11-8-5-4-6-10(11)9-13(12)14/h1,4-6,8,12-13H,3,7,9H2/i3D2,14-1. The highest BCUT2D eigenvalue weighted by Gasteiger charge is 2.31. The van der Waals surface area contributed by atoms with Gasteiger partial charge in [-0.2, -0.15) is 0 Å². The second-order valence-corrected chi connectivity index (χ2v) is 3.55. The normalized spacial score (nSPS) is 27.4. The molecule has 0 saturated heterocycles. The van der Waals surface area contributed by atoms with Crippen LogP contribution in [0.2, 0.25) is 0 Å². The topological polar surface area (TPSA) is 0 Å². The molecule has 1 aromatic carbocycles. The number of fused-ring (bicyclic) bond motifs is 1. The highest BCUT2D eigenvalue weighted by atomic mass is 18.2. The Bertz CT molecular complexity index is 434. The van der Waals surface area contributed by atoms with Crippen LogP contribution in [0, 0.1) is 12.3 Å². The monoisotopic (exact) mass is 189 g/mol. The van der Waals surface area contributed by atoms with Gasteiger partial charge in [-0.25, -0.2) is 4.39 Å². The van der Waals surface area contributed by atoms with E-state index in [2.05, 4.69) is 5.92 Å². The first-order chi connectivity index (χ1) is 7.53. The van der Waals surface area contributed by atoms with E-state index in [1.165, 1.54) is 0 Å². The Morgan fingerprint density at radius 2 is 2.36 bits per heavy atom. The summed E-state index contributed by atoms with van der Waals surface area (Å²) in [4.78, 5) is 0. The van der Waals surface area contributed by atoms with E-state index < -0.39 is 18.5 Å². The quantitative estimate of drug-likeness (QED) is 0.627. The number of alkyl halides is 1. The molecule has 0 spiro atoms. The van der Waals surface area contributed by atoms with Crippen LogP contribution < -0.4 is 0 Å². The Kier molecular flexibility index (Phi) is 1.94. The van der Waals surface area contributed by atoms with Crippen LogP contribution in [0.5, 0.6) is 0 Å². The highest BCUT2D eigenvalue weighted by Crippen LogP contribution is 2.37. The van der Waals surface area contributed by atoms with Gasteiger partial charge >= 0.3 is 0 Å². The van der Waals surface area contributed by atoms with Gasteiger partial charge in [-0.1, -0.05) is 24.3 Å². The summed E-state index contributed by atoms with van der Waals surface area (Å²) >= 11 is 0. The van der Waals surface area contributed by atoms with E-state index in [0.717, 1.165) is 11.1 Å². The highest BCUT2D eigenvalue weighted by molar-refractivity contribution is 5.36. The zero-order valence-corrected chi connectivity index (χ0v) is 7.83. The second-order valence-electron chi connectivity index (χ2n) is 3.55. The molecule has 2 unspecified atom stereocenters. The minimum Gasteiger partial charge on any atom is -0.246 e. The van der Waals surface area contributed by atoms with Crippen molar-refractivity contribution in [1.82, 2.24) is 0 Å². The number of benzene rings is 1. The molecule has 0 fully saturated rings. The number of rotatable bonds is 2. The average Bonchev–Trinajstić information content (AvgIpc) is 2.56. The molecule has 0 nitrogen and oxygen atoms in total. The maximum absolute atomic E-state index is 13.8. The van der Waals surface area contributed by atoms with Crippen LogP contribution in [0.3, 0.4) is 0 Å². The van der Waals surface area contributed by atoms with Gasteiger partial charge in [0.15, 0.2) is 0 Å². The van der Waals surface area contributed by atoms with Crippen molar-refractivity contribution in [2.45, 2.75) is 31.3 Å². The second kappa shape index (κ2) is 3.84. The molecule has 72 valence electrons. The summed E-state index contributed by atoms with van der Waals surface area (Å²) in [7, 11) is 0. The minimum absolute atomic E-state index is 0.0572. The molecule has 0 aliphatic heterocycles. The van der Waals surface area contributed by atoms with Gasteiger partial charge in [-0.3, -0.25) is 0 Å². The maximum atomic E-state index is 13.8. The Hall–Kier alpha value is -1.29. The Labute approximate surface area is 87.0 Å². The first-order valence-electron chi connectivity index (χ1n) is 5.73. The summed E-state index contributed by atoms with van der Waals surface area (Å²) in [6, 6.07) is 7.50. The van der Waals surface area contributed by atoms with Crippen molar-refractivity contribution >= 4 is 0 Å². The molecule has 1 aromatic rings. The molecular weight excluding hydrogens is 174 g/mol. The van der Waals surface area contributed by atoms with Gasteiger partial charge in [0.05, 0.1) is 0 Å². The van der Waals surface area contributed by atoms with Crippen LogP contribution in [0.4, 0.5) is 4.39 Å². The van der Waals surface area contributed by atoms with E-state index in [9.17, 15) is 4.39 Å². The summed E-state index contributed by atoms with van der Waals surface area (Å²) in [5.74, 6) is 1.69. The fraction of sp³-hybridized carbons (Fsp3) is 0.385. The number of hydrogen-bond acceptors (Lipinski definition) is 0. The van der Waals surface area contributed by atoms with E-state index in [1.54, 1.807) is 0 Å². The molecule has 0 bridgehead atoms. The van der Waals surface area contributed by atoms with Gasteiger partial charge in [-0.05, 0) is 17.5 Å². The molecule has 0 saturated carbocycles. The predicted molar refractivity (Wildman–Crippen MR) is 55.9 cm³/mol. The van der Waals surface area contributed by atoms with Crippen molar-refractivity contribution in [3.63, 3.8) is 0 Å². The molecule has 1 aliphatic rings. The van der Waals surface area contributed by atoms with Crippen molar-refractivity contribution in [2.75, 3.05) is 0 Å². The van der Waals surface area contributed by atoms with Gasteiger partial charge < -0.3 is 0 Å². The third kappa shape index (κ3) is 1.53. The Balaban J connectivity index is 2.27. The average molecular weight is 189 g/mol. The van der Waals surface area contributed by atoms with Gasteiger partial charge in [0, 0.05) is 21.5 Å². The minimum atomic E-state index is -1.73. The van der Waals surface area contributed by atoms with Crippen molar-refractivity contribution < 1.29 is 7.13 Å². The summed E-state index contributed by atoms with van der Waals surface area (Å²) in [5, 5.41) is 0. The first kappa shape index (κ1) is 7.06. The molecule has 14 heavy (non-hydrogen) atoms. The van der Waals surface area contributed by atoms with E-state index in [-0.39, 0.29) is 6.42 Å². The van der Waals surface area contributed by atoms with Crippen LogP contribution >= 0.6 is 0 Å². The SMILES string of the molecule is [2H]C([2H])(C#C)CC1c2ccccc2CC1[18F]. The fourth-order valence-corrected chi connectivity index (χ4v) is 2.04. The summed E-state index contributed by atoms with van der Waals surface area (Å²) < 4.78 is 28.9. The summed E-state index contributed by atoms with van der Waals surface area (Å²) in [5.41, 5.74) is 1.89. The smallest absolute Gasteiger partial charge is 0.111 e. The zero-order chi connectivity index (χ0) is 11.8. The van der Waals surface area contributed by atoms with Gasteiger partial charge in [0.2, 0.25) is 0 Å². The Morgan fingerprint density at radius 1 is 1.57 bits per heavy atom. The Morgan fingerprint density at radius 3 is 3.14 bits per heavy atom. The molecule has 1 aliphatic carbocycles. The lowest BCUT2D eigenvalue weighted by atomic mass is 9.95. The fourth-order valence-electron chi connectivity index (χ4n) is 2.04. The molecule has 0 radical (unpaired) electrons. The summed E-state index contributed by atoms with van der Waals surface area (Å²) in [6.07, 6.45) is 2.79. The van der Waals surface area contributed by atoms with Crippen LogP contribution in [0.15, 0.2) is 24.3 Å². The number of halogens is 1. The molecule has 0 amide bonds. The van der Waals surface area contributed by atoms with Crippen molar-refractivity contribution in [3.05, 3.63) is 35.4 Å². The number of terminal acetylenes is 1. The van der Waals surface area contributed by atoms with Crippen molar-refractivity contribution in [3.8, 4) is 12.3 Å². The van der Waals surface area contributed by atoms with Crippen LogP contribution in [0.1, 0.15) is 32.6 Å². The van der Waals surface area contributed by atoms with E-state index in [0.29, 0.717) is 6.42 Å². The first-order valence-corrected chi connectivity index (χ1v) is 4.73. The molecule has 0 N–H and O–H groups in total. The van der Waals surface area contributed by atoms with Crippen molar-refractivity contribution in [1.29, 1.82) is 0 Å². The lowest BCUT2D eigenvalue weighted by Crippen LogP contribution is -2.07. The predicted octanol–water partition coefficient (Wildman–Crippen LogP) is 3.08. The van der Waals surface area contributed by atoms with Gasteiger partial charge in [-0.15, -0.1) is 12.3 Å². The molecule has 2 atom stereocenters. The van der Waals surface area contributed by atoms with Gasteiger partial charge in [0.25, 0.3) is 0 Å². The third-order valence-corrected chi connectivity index (χ3v) is 2.73. The molecule has 0 heterocycles. The van der Waals surface area contributed by atoms with Gasteiger partial charge in [0.1, 0.15) is 6.17 Å². The van der Waals surface area contributed by atoms with E-state index >= 15 is 0 Å². The molecule has 0 aromatic heterocycles. The lowest BCUT2D eigenvalue weighted by molar-refractivity contribution is 0.292. The molecular formula is C13H13F. The maximum Gasteiger partial charge on any atom is 0.111 e. The lowest BCUT2D eigenvalue weighted by Gasteiger charge is -2.11. The van der Waals surface area contributed by atoms with E-state index in [4.69, 9.17) is 9.16 Å². The van der Waals surface area contributed by atoms with E-state index in [1.807, 2.05) is 24.3 Å².